The Morgan fingerprint density at radius 3 is 3.08 bits per heavy atom. The van der Waals surface area contributed by atoms with Crippen molar-refractivity contribution in [2.75, 3.05) is 0 Å². The van der Waals surface area contributed by atoms with Crippen LogP contribution in [0, 0.1) is 5.92 Å². The van der Waals surface area contributed by atoms with Crippen LogP contribution in [0.4, 0.5) is 0 Å². The Balaban J connectivity index is 2.59. The molecule has 1 aromatic rings. The molecule has 0 N–H and O–H groups in total. The number of aromatic nitrogens is 1. The van der Waals surface area contributed by atoms with E-state index in [1.807, 2.05) is 12.3 Å². The van der Waals surface area contributed by atoms with Gasteiger partial charge < -0.3 is 0 Å². The standard InChI is InChI=1S/C12H13N/c1-9-5-6-12-11(10(2)8-9)4-3-7-13-12/h3-9H,1-2H3. The lowest BCUT2D eigenvalue weighted by Gasteiger charge is -2.03. The van der Waals surface area contributed by atoms with Gasteiger partial charge in [0, 0.05) is 11.8 Å². The number of fused-ring (bicyclic) bond motifs is 1. The molecule has 0 spiro atoms. The normalized spacial score (nSPS) is 20.5. The number of allylic oxidation sites excluding steroid dienone is 3. The Morgan fingerprint density at radius 1 is 1.38 bits per heavy atom. The maximum absolute atomic E-state index is 4.34. The molecule has 1 aromatic heterocycles. The predicted octanol–water partition coefficient (Wildman–Crippen LogP) is 3.15. The van der Waals surface area contributed by atoms with Gasteiger partial charge in [-0.25, -0.2) is 0 Å². The average Bonchev–Trinajstić information content (AvgIpc) is 2.27. The van der Waals surface area contributed by atoms with Gasteiger partial charge in [0.15, 0.2) is 0 Å². The zero-order chi connectivity index (χ0) is 9.26. The summed E-state index contributed by atoms with van der Waals surface area (Å²) in [5, 5.41) is 0. The molecule has 0 radical (unpaired) electrons. The summed E-state index contributed by atoms with van der Waals surface area (Å²) in [6.07, 6.45) is 8.39. The Morgan fingerprint density at radius 2 is 2.23 bits per heavy atom. The van der Waals surface area contributed by atoms with E-state index in [0.29, 0.717) is 5.92 Å². The molecule has 1 unspecified atom stereocenters. The highest BCUT2D eigenvalue weighted by atomic mass is 14.7. The van der Waals surface area contributed by atoms with Gasteiger partial charge in [-0.15, -0.1) is 0 Å². The highest BCUT2D eigenvalue weighted by molar-refractivity contribution is 5.73. The topological polar surface area (TPSA) is 12.9 Å². The lowest BCUT2D eigenvalue weighted by atomic mass is 10.0. The van der Waals surface area contributed by atoms with Gasteiger partial charge in [0.1, 0.15) is 0 Å². The molecule has 0 fully saturated rings. The second kappa shape index (κ2) is 3.17. The summed E-state index contributed by atoms with van der Waals surface area (Å²) in [7, 11) is 0. The molecule has 0 saturated carbocycles. The molecular formula is C12H13N. The summed E-state index contributed by atoms with van der Waals surface area (Å²) in [6.45, 7) is 4.33. The van der Waals surface area contributed by atoms with Crippen LogP contribution in [-0.4, -0.2) is 4.98 Å². The third-order valence-electron chi connectivity index (χ3n) is 2.33. The van der Waals surface area contributed by atoms with E-state index in [9.17, 15) is 0 Å². The van der Waals surface area contributed by atoms with Crippen LogP contribution < -0.4 is 0 Å². The van der Waals surface area contributed by atoms with Crippen molar-refractivity contribution in [1.82, 2.24) is 4.98 Å². The third kappa shape index (κ3) is 1.55. The zero-order valence-electron chi connectivity index (χ0n) is 7.99. The van der Waals surface area contributed by atoms with E-state index in [4.69, 9.17) is 0 Å². The molecule has 0 bridgehead atoms. The minimum absolute atomic E-state index is 0.509. The summed E-state index contributed by atoms with van der Waals surface area (Å²) in [4.78, 5) is 4.34. The fourth-order valence-corrected chi connectivity index (χ4v) is 1.67. The van der Waals surface area contributed by atoms with E-state index in [1.165, 1.54) is 11.1 Å². The van der Waals surface area contributed by atoms with E-state index in [1.54, 1.807) is 0 Å². The fraction of sp³-hybridized carbons (Fsp3) is 0.250. The Kier molecular flexibility index (Phi) is 2.01. The van der Waals surface area contributed by atoms with Crippen LogP contribution >= 0.6 is 0 Å². The van der Waals surface area contributed by atoms with Crippen molar-refractivity contribution in [3.05, 3.63) is 41.7 Å². The first-order valence-corrected chi connectivity index (χ1v) is 4.59. The summed E-state index contributed by atoms with van der Waals surface area (Å²) in [6, 6.07) is 4.11. The van der Waals surface area contributed by atoms with Gasteiger partial charge >= 0.3 is 0 Å². The lowest BCUT2D eigenvalue weighted by Crippen LogP contribution is -1.87. The molecule has 1 aliphatic rings. The highest BCUT2D eigenvalue weighted by Gasteiger charge is 2.06. The molecule has 1 heterocycles. The van der Waals surface area contributed by atoms with Gasteiger partial charge in [-0.2, -0.15) is 0 Å². The molecule has 1 heteroatoms. The molecule has 0 aliphatic heterocycles. The summed E-state index contributed by atoms with van der Waals surface area (Å²) in [5.74, 6) is 0.509. The number of nitrogens with zero attached hydrogens (tertiary/aromatic N) is 1. The minimum Gasteiger partial charge on any atom is -0.256 e. The van der Waals surface area contributed by atoms with E-state index in [2.05, 4.69) is 43.1 Å². The second-order valence-electron chi connectivity index (χ2n) is 3.50. The van der Waals surface area contributed by atoms with Gasteiger partial charge in [-0.05, 0) is 30.6 Å². The van der Waals surface area contributed by atoms with Crippen LogP contribution in [0.15, 0.2) is 30.5 Å². The fourth-order valence-electron chi connectivity index (χ4n) is 1.67. The largest absolute Gasteiger partial charge is 0.256 e. The van der Waals surface area contributed by atoms with Crippen LogP contribution in [0.25, 0.3) is 11.6 Å². The van der Waals surface area contributed by atoms with Crippen LogP contribution in [-0.2, 0) is 0 Å². The highest BCUT2D eigenvalue weighted by Crippen LogP contribution is 2.23. The number of hydrogen-bond acceptors (Lipinski definition) is 1. The molecule has 0 amide bonds. The Bertz CT molecular complexity index is 374. The summed E-state index contributed by atoms with van der Waals surface area (Å²) < 4.78 is 0. The first-order chi connectivity index (χ1) is 6.27. The SMILES string of the molecule is CC1=CC(C)C=Cc2ncccc21. The molecule has 2 rings (SSSR count). The van der Waals surface area contributed by atoms with Crippen molar-refractivity contribution >= 4 is 11.6 Å². The molecule has 66 valence electrons. The van der Waals surface area contributed by atoms with Crippen LogP contribution in [0.3, 0.4) is 0 Å². The smallest absolute Gasteiger partial charge is 0.0701 e. The maximum Gasteiger partial charge on any atom is 0.0701 e. The van der Waals surface area contributed by atoms with Crippen LogP contribution in [0.5, 0.6) is 0 Å². The Hall–Kier alpha value is -1.37. The van der Waals surface area contributed by atoms with Crippen molar-refractivity contribution in [3.63, 3.8) is 0 Å². The van der Waals surface area contributed by atoms with Gasteiger partial charge in [0.25, 0.3) is 0 Å². The molecule has 0 saturated heterocycles. The van der Waals surface area contributed by atoms with Gasteiger partial charge in [-0.1, -0.05) is 25.1 Å². The van der Waals surface area contributed by atoms with E-state index >= 15 is 0 Å². The quantitative estimate of drug-likeness (QED) is 0.584. The average molecular weight is 171 g/mol. The number of hydrogen-bond donors (Lipinski definition) is 0. The van der Waals surface area contributed by atoms with Crippen LogP contribution in [0.2, 0.25) is 0 Å². The van der Waals surface area contributed by atoms with E-state index in [-0.39, 0.29) is 0 Å². The van der Waals surface area contributed by atoms with E-state index < -0.39 is 0 Å². The minimum atomic E-state index is 0.509. The van der Waals surface area contributed by atoms with Crippen LogP contribution in [0.1, 0.15) is 25.1 Å². The Labute approximate surface area is 78.8 Å². The van der Waals surface area contributed by atoms with Crippen molar-refractivity contribution in [2.45, 2.75) is 13.8 Å². The van der Waals surface area contributed by atoms with Gasteiger partial charge in [-0.3, -0.25) is 4.98 Å². The molecule has 1 atom stereocenters. The number of rotatable bonds is 0. The molecular weight excluding hydrogens is 158 g/mol. The van der Waals surface area contributed by atoms with Crippen molar-refractivity contribution in [3.8, 4) is 0 Å². The van der Waals surface area contributed by atoms with E-state index in [0.717, 1.165) is 5.69 Å². The third-order valence-corrected chi connectivity index (χ3v) is 2.33. The maximum atomic E-state index is 4.34. The second-order valence-corrected chi connectivity index (χ2v) is 3.50. The molecule has 1 aliphatic carbocycles. The molecule has 13 heavy (non-hydrogen) atoms. The monoisotopic (exact) mass is 171 g/mol. The zero-order valence-corrected chi connectivity index (χ0v) is 7.99. The van der Waals surface area contributed by atoms with Gasteiger partial charge in [0.05, 0.1) is 5.69 Å². The van der Waals surface area contributed by atoms with Gasteiger partial charge in [0.2, 0.25) is 0 Å². The summed E-state index contributed by atoms with van der Waals surface area (Å²) >= 11 is 0. The lowest BCUT2D eigenvalue weighted by molar-refractivity contribution is 0.949. The predicted molar refractivity (Wildman–Crippen MR) is 56.1 cm³/mol. The first kappa shape index (κ1) is 8.24. The summed E-state index contributed by atoms with van der Waals surface area (Å²) in [5.41, 5.74) is 3.66. The van der Waals surface area contributed by atoms with Crippen molar-refractivity contribution in [2.24, 2.45) is 5.92 Å². The molecule has 1 nitrogen and oxygen atoms in total. The van der Waals surface area contributed by atoms with Crippen molar-refractivity contribution in [1.29, 1.82) is 0 Å². The first-order valence-electron chi connectivity index (χ1n) is 4.59. The number of pyridine rings is 1. The molecule has 0 aromatic carbocycles. The van der Waals surface area contributed by atoms with Crippen molar-refractivity contribution < 1.29 is 0 Å².